The second-order valence-electron chi connectivity index (χ2n) is 6.18. The van der Waals surface area contributed by atoms with E-state index in [1.54, 1.807) is 0 Å². The minimum absolute atomic E-state index is 0.0848. The van der Waals surface area contributed by atoms with Gasteiger partial charge in [-0.15, -0.1) is 0 Å². The number of hydrogen-bond acceptors (Lipinski definition) is 3. The van der Waals surface area contributed by atoms with E-state index in [1.807, 2.05) is 55.8 Å². The van der Waals surface area contributed by atoms with Gasteiger partial charge >= 0.3 is 0 Å². The van der Waals surface area contributed by atoms with E-state index >= 15 is 0 Å². The van der Waals surface area contributed by atoms with Gasteiger partial charge in [-0.1, -0.05) is 12.1 Å². The van der Waals surface area contributed by atoms with E-state index in [0.29, 0.717) is 12.4 Å². The van der Waals surface area contributed by atoms with Crippen molar-refractivity contribution in [3.05, 3.63) is 59.1 Å². The van der Waals surface area contributed by atoms with Gasteiger partial charge in [0.2, 0.25) is 0 Å². The Morgan fingerprint density at radius 1 is 1.29 bits per heavy atom. The fraction of sp³-hybridized carbons (Fsp3) is 0.368. The quantitative estimate of drug-likeness (QED) is 0.938. The van der Waals surface area contributed by atoms with Crippen LogP contribution in [0.4, 0.5) is 0 Å². The van der Waals surface area contributed by atoms with Gasteiger partial charge in [0.25, 0.3) is 5.91 Å². The van der Waals surface area contributed by atoms with Crippen LogP contribution in [0.1, 0.15) is 42.8 Å². The largest absolute Gasteiger partial charge is 0.488 e. The summed E-state index contributed by atoms with van der Waals surface area (Å²) < 4.78 is 7.33. The normalized spacial score (nSPS) is 15.4. The summed E-state index contributed by atoms with van der Waals surface area (Å²) in [5, 5.41) is 7.47. The van der Waals surface area contributed by atoms with Crippen LogP contribution in [-0.2, 0) is 9.53 Å². The van der Waals surface area contributed by atoms with Crippen LogP contribution in [0.15, 0.2) is 42.2 Å². The average Bonchev–Trinajstić information content (AvgIpc) is 2.94. The van der Waals surface area contributed by atoms with Crippen LogP contribution in [0.2, 0.25) is 0 Å². The number of allylic oxidation sites excluding steroid dienone is 1. The Balaban J connectivity index is 1.69. The van der Waals surface area contributed by atoms with Crippen molar-refractivity contribution in [3.63, 3.8) is 0 Å². The lowest BCUT2D eigenvalue weighted by atomic mass is 10.1. The van der Waals surface area contributed by atoms with E-state index in [9.17, 15) is 4.79 Å². The van der Waals surface area contributed by atoms with E-state index in [0.717, 1.165) is 35.5 Å². The lowest BCUT2D eigenvalue weighted by Crippen LogP contribution is -2.29. The Bertz CT molecular complexity index is 759. The first-order chi connectivity index (χ1) is 11.5. The Morgan fingerprint density at radius 3 is 2.62 bits per heavy atom. The van der Waals surface area contributed by atoms with Crippen LogP contribution < -0.4 is 5.32 Å². The molecule has 0 saturated carbocycles. The molecule has 1 N–H and O–H groups in total. The van der Waals surface area contributed by atoms with Crippen LogP contribution in [0.3, 0.4) is 0 Å². The number of carbonyl (C=O) groups is 1. The van der Waals surface area contributed by atoms with Crippen LogP contribution in [-0.4, -0.2) is 22.3 Å². The summed E-state index contributed by atoms with van der Waals surface area (Å²) in [5.74, 6) is 0.289. The van der Waals surface area contributed by atoms with Gasteiger partial charge in [0.15, 0.2) is 5.76 Å². The monoisotopic (exact) mass is 325 g/mol. The first-order valence-electron chi connectivity index (χ1n) is 8.32. The van der Waals surface area contributed by atoms with Crippen molar-refractivity contribution in [2.45, 2.75) is 39.7 Å². The van der Waals surface area contributed by atoms with Crippen molar-refractivity contribution in [2.24, 2.45) is 0 Å². The Hall–Kier alpha value is -2.56. The first kappa shape index (κ1) is 16.3. The molecular weight excluding hydrogens is 302 g/mol. The summed E-state index contributed by atoms with van der Waals surface area (Å²) in [4.78, 5) is 12.2. The van der Waals surface area contributed by atoms with E-state index < -0.39 is 0 Å². The number of benzene rings is 1. The smallest absolute Gasteiger partial charge is 0.286 e. The number of carbonyl (C=O) groups excluding carboxylic acids is 1. The molecule has 2 heterocycles. The highest BCUT2D eigenvalue weighted by molar-refractivity contribution is 5.91. The Labute approximate surface area is 142 Å². The Morgan fingerprint density at radius 2 is 2.04 bits per heavy atom. The van der Waals surface area contributed by atoms with Crippen LogP contribution in [0, 0.1) is 13.8 Å². The molecule has 2 aromatic rings. The van der Waals surface area contributed by atoms with Gasteiger partial charge in [-0.2, -0.15) is 5.10 Å². The number of amides is 1. The summed E-state index contributed by atoms with van der Waals surface area (Å²) in [5.41, 5.74) is 4.16. The van der Waals surface area contributed by atoms with E-state index in [-0.39, 0.29) is 11.9 Å². The number of nitrogens with one attached hydrogen (secondary N) is 1. The van der Waals surface area contributed by atoms with Gasteiger partial charge in [-0.25, -0.2) is 4.68 Å². The molecule has 0 aliphatic carbocycles. The van der Waals surface area contributed by atoms with Gasteiger partial charge < -0.3 is 10.1 Å². The molecule has 1 atom stereocenters. The third-order valence-electron chi connectivity index (χ3n) is 4.15. The Kier molecular flexibility index (Phi) is 4.69. The highest BCUT2D eigenvalue weighted by atomic mass is 16.5. The maximum atomic E-state index is 12.2. The molecule has 0 bridgehead atoms. The topological polar surface area (TPSA) is 56.2 Å². The molecule has 24 heavy (non-hydrogen) atoms. The molecule has 1 unspecified atom stereocenters. The molecule has 0 fully saturated rings. The number of rotatable bonds is 4. The second kappa shape index (κ2) is 6.91. The van der Waals surface area contributed by atoms with Gasteiger partial charge in [0, 0.05) is 5.69 Å². The fourth-order valence-corrected chi connectivity index (χ4v) is 2.86. The van der Waals surface area contributed by atoms with E-state index in [1.165, 1.54) is 0 Å². The molecule has 1 aliphatic rings. The maximum absolute atomic E-state index is 12.2. The number of aryl methyl sites for hydroxylation is 2. The van der Waals surface area contributed by atoms with Crippen molar-refractivity contribution in [2.75, 3.05) is 6.61 Å². The molecule has 1 amide bonds. The van der Waals surface area contributed by atoms with Crippen molar-refractivity contribution < 1.29 is 9.53 Å². The lowest BCUT2D eigenvalue weighted by Gasteiger charge is -2.18. The highest BCUT2D eigenvalue weighted by Gasteiger charge is 2.17. The number of aromatic nitrogens is 2. The van der Waals surface area contributed by atoms with Crippen molar-refractivity contribution in [3.8, 4) is 5.69 Å². The molecule has 1 aromatic heterocycles. The lowest BCUT2D eigenvalue weighted by molar-refractivity contribution is -0.121. The zero-order chi connectivity index (χ0) is 17.1. The second-order valence-corrected chi connectivity index (χ2v) is 6.18. The van der Waals surface area contributed by atoms with Crippen LogP contribution >= 0.6 is 0 Å². The standard InChI is InChI=1S/C19H23N3O2/c1-13-12-14(2)22(21-13)17-9-7-16(8-10-17)15(3)20-19(23)18-6-4-5-11-24-18/h6-10,12,15H,4-5,11H2,1-3H3,(H,20,23). The molecule has 126 valence electrons. The molecule has 5 heteroatoms. The first-order valence-corrected chi connectivity index (χ1v) is 8.32. The predicted octanol–water partition coefficient (Wildman–Crippen LogP) is 3.36. The molecular formula is C19H23N3O2. The molecule has 0 saturated heterocycles. The van der Waals surface area contributed by atoms with Gasteiger partial charge in [0.1, 0.15) is 0 Å². The minimum Gasteiger partial charge on any atom is -0.488 e. The number of hydrogen-bond donors (Lipinski definition) is 1. The molecule has 0 radical (unpaired) electrons. The number of ether oxygens (including phenoxy) is 1. The third-order valence-corrected chi connectivity index (χ3v) is 4.15. The molecule has 1 aliphatic heterocycles. The molecule has 1 aromatic carbocycles. The zero-order valence-corrected chi connectivity index (χ0v) is 14.4. The van der Waals surface area contributed by atoms with Gasteiger partial charge in [-0.3, -0.25) is 4.79 Å². The minimum atomic E-state index is -0.148. The van der Waals surface area contributed by atoms with Gasteiger partial charge in [-0.05, 0) is 63.5 Å². The summed E-state index contributed by atoms with van der Waals surface area (Å²) in [6.45, 7) is 6.61. The third kappa shape index (κ3) is 3.50. The summed E-state index contributed by atoms with van der Waals surface area (Å²) in [7, 11) is 0. The SMILES string of the molecule is Cc1cc(C)n(-c2ccc(C(C)NC(=O)C3=CCCCO3)cc2)n1. The zero-order valence-electron chi connectivity index (χ0n) is 14.4. The van der Waals surface area contributed by atoms with Crippen LogP contribution in [0.25, 0.3) is 5.69 Å². The van der Waals surface area contributed by atoms with Crippen molar-refractivity contribution in [1.82, 2.24) is 15.1 Å². The molecule has 0 spiro atoms. The van der Waals surface area contributed by atoms with E-state index in [2.05, 4.69) is 16.5 Å². The number of nitrogens with zero attached hydrogens (tertiary/aromatic N) is 2. The van der Waals surface area contributed by atoms with E-state index in [4.69, 9.17) is 4.74 Å². The predicted molar refractivity (Wildman–Crippen MR) is 92.9 cm³/mol. The molecule has 3 rings (SSSR count). The molecule has 5 nitrogen and oxygen atoms in total. The highest BCUT2D eigenvalue weighted by Crippen LogP contribution is 2.18. The summed E-state index contributed by atoms with van der Waals surface area (Å²) in [6, 6.07) is 10.1. The maximum Gasteiger partial charge on any atom is 0.286 e. The van der Waals surface area contributed by atoms with Crippen molar-refractivity contribution >= 4 is 5.91 Å². The summed E-state index contributed by atoms with van der Waals surface area (Å²) in [6.07, 6.45) is 3.73. The van der Waals surface area contributed by atoms with Crippen LogP contribution in [0.5, 0.6) is 0 Å². The average molecular weight is 325 g/mol. The van der Waals surface area contributed by atoms with Gasteiger partial charge in [0.05, 0.1) is 24.0 Å². The summed E-state index contributed by atoms with van der Waals surface area (Å²) >= 11 is 0. The fourth-order valence-electron chi connectivity index (χ4n) is 2.86. The van der Waals surface area contributed by atoms with Crippen molar-refractivity contribution in [1.29, 1.82) is 0 Å².